The summed E-state index contributed by atoms with van der Waals surface area (Å²) >= 11 is 5.55. The number of aryl methyl sites for hydroxylation is 1. The van der Waals surface area contributed by atoms with Crippen LogP contribution in [0.25, 0.3) is 11.1 Å². The molecule has 0 amide bonds. The first-order valence-corrected chi connectivity index (χ1v) is 4.81. The van der Waals surface area contributed by atoms with Gasteiger partial charge in [-0.15, -0.1) is 0 Å². The molecule has 0 aliphatic rings. The smallest absolute Gasteiger partial charge is 0.177 e. The molecule has 0 aliphatic carbocycles. The largest absolute Gasteiger partial charge is 0.383 e. The Hall–Kier alpha value is -1.62. The van der Waals surface area contributed by atoms with E-state index >= 15 is 0 Å². The Balaban J connectivity index is 2.61. The highest BCUT2D eigenvalue weighted by Gasteiger charge is 2.13. The zero-order valence-corrected chi connectivity index (χ0v) is 9.09. The van der Waals surface area contributed by atoms with Crippen LogP contribution in [-0.2, 0) is 7.05 Å². The van der Waals surface area contributed by atoms with Gasteiger partial charge in [-0.3, -0.25) is 4.68 Å². The summed E-state index contributed by atoms with van der Waals surface area (Å²) < 4.78 is 27.5. The molecule has 16 heavy (non-hydrogen) atoms. The zero-order valence-electron chi connectivity index (χ0n) is 8.34. The van der Waals surface area contributed by atoms with Gasteiger partial charge in [-0.25, -0.2) is 8.78 Å². The van der Waals surface area contributed by atoms with Gasteiger partial charge < -0.3 is 5.73 Å². The second kappa shape index (κ2) is 3.75. The van der Waals surface area contributed by atoms with Crippen molar-refractivity contribution in [2.75, 3.05) is 5.73 Å². The van der Waals surface area contributed by atoms with Gasteiger partial charge in [0.1, 0.15) is 5.82 Å². The third-order valence-electron chi connectivity index (χ3n) is 2.28. The average Bonchev–Trinajstić information content (AvgIpc) is 2.56. The fraction of sp³-hybridized carbons (Fsp3) is 0.100. The van der Waals surface area contributed by atoms with E-state index in [0.717, 1.165) is 6.07 Å². The van der Waals surface area contributed by atoms with Crippen LogP contribution in [0.3, 0.4) is 0 Å². The van der Waals surface area contributed by atoms with Gasteiger partial charge in [-0.1, -0.05) is 11.6 Å². The molecule has 2 aromatic rings. The van der Waals surface area contributed by atoms with Crippen LogP contribution in [0, 0.1) is 11.6 Å². The SMILES string of the molecule is Cn1ncc(-c2cc(F)c(F)c(Cl)c2)c1N. The molecule has 1 aromatic heterocycles. The van der Waals surface area contributed by atoms with Crippen LogP contribution in [0.1, 0.15) is 0 Å². The number of benzene rings is 1. The van der Waals surface area contributed by atoms with E-state index in [1.807, 2.05) is 0 Å². The molecule has 3 nitrogen and oxygen atoms in total. The van der Waals surface area contributed by atoms with Gasteiger partial charge in [0.25, 0.3) is 0 Å². The summed E-state index contributed by atoms with van der Waals surface area (Å²) in [5.74, 6) is -1.71. The lowest BCUT2D eigenvalue weighted by Gasteiger charge is -2.03. The number of halogens is 3. The van der Waals surface area contributed by atoms with E-state index in [4.69, 9.17) is 17.3 Å². The van der Waals surface area contributed by atoms with E-state index in [9.17, 15) is 8.78 Å². The molecule has 0 bridgehead atoms. The van der Waals surface area contributed by atoms with Gasteiger partial charge in [0.05, 0.1) is 11.2 Å². The molecule has 1 aromatic carbocycles. The summed E-state index contributed by atoms with van der Waals surface area (Å²) in [7, 11) is 1.65. The van der Waals surface area contributed by atoms with E-state index in [1.54, 1.807) is 7.05 Å². The Morgan fingerprint density at radius 1 is 1.38 bits per heavy atom. The molecule has 1 heterocycles. The van der Waals surface area contributed by atoms with Crippen molar-refractivity contribution in [1.29, 1.82) is 0 Å². The number of nitrogens with zero attached hydrogens (tertiary/aromatic N) is 2. The third kappa shape index (κ3) is 1.63. The van der Waals surface area contributed by atoms with E-state index < -0.39 is 11.6 Å². The average molecular weight is 244 g/mol. The number of rotatable bonds is 1. The van der Waals surface area contributed by atoms with Crippen molar-refractivity contribution in [2.45, 2.75) is 0 Å². The number of nitrogens with two attached hydrogens (primary N) is 1. The Morgan fingerprint density at radius 3 is 2.56 bits per heavy atom. The Labute approximate surface area is 95.4 Å². The van der Waals surface area contributed by atoms with Gasteiger partial charge in [0.2, 0.25) is 0 Å². The molecule has 2 rings (SSSR count). The molecule has 0 aliphatic heterocycles. The molecule has 0 atom stereocenters. The molecule has 0 spiro atoms. The van der Waals surface area contributed by atoms with E-state index in [0.29, 0.717) is 16.9 Å². The predicted molar refractivity (Wildman–Crippen MR) is 58.0 cm³/mol. The fourth-order valence-corrected chi connectivity index (χ4v) is 1.59. The maximum atomic E-state index is 13.1. The fourth-order valence-electron chi connectivity index (χ4n) is 1.38. The van der Waals surface area contributed by atoms with Crippen molar-refractivity contribution in [3.8, 4) is 11.1 Å². The van der Waals surface area contributed by atoms with Gasteiger partial charge in [0.15, 0.2) is 11.6 Å². The molecular weight excluding hydrogens is 236 g/mol. The lowest BCUT2D eigenvalue weighted by Crippen LogP contribution is -1.98. The number of aromatic nitrogens is 2. The van der Waals surface area contributed by atoms with Crippen LogP contribution < -0.4 is 5.73 Å². The molecule has 0 radical (unpaired) electrons. The number of nitrogen functional groups attached to an aromatic ring is 1. The highest BCUT2D eigenvalue weighted by molar-refractivity contribution is 6.31. The highest BCUT2D eigenvalue weighted by atomic mass is 35.5. The van der Waals surface area contributed by atoms with Crippen molar-refractivity contribution in [3.05, 3.63) is 35.0 Å². The maximum absolute atomic E-state index is 13.1. The van der Waals surface area contributed by atoms with Crippen LogP contribution in [0.4, 0.5) is 14.6 Å². The standard InChI is InChI=1S/C10H8ClF2N3/c1-16-10(14)6(4-15-16)5-2-7(11)9(13)8(12)3-5/h2-4H,14H2,1H3. The highest BCUT2D eigenvalue weighted by Crippen LogP contribution is 2.30. The van der Waals surface area contributed by atoms with Crippen molar-refractivity contribution >= 4 is 17.4 Å². The summed E-state index contributed by atoms with van der Waals surface area (Å²) in [5.41, 5.74) is 6.63. The molecule has 0 saturated heterocycles. The van der Waals surface area contributed by atoms with E-state index in [2.05, 4.69) is 5.10 Å². The number of hydrogen-bond acceptors (Lipinski definition) is 2. The lowest BCUT2D eigenvalue weighted by molar-refractivity contribution is 0.509. The first-order valence-electron chi connectivity index (χ1n) is 4.43. The molecular formula is C10H8ClF2N3. The minimum absolute atomic E-state index is 0.279. The summed E-state index contributed by atoms with van der Waals surface area (Å²) in [4.78, 5) is 0. The van der Waals surface area contributed by atoms with Gasteiger partial charge in [-0.05, 0) is 17.7 Å². The summed E-state index contributed by atoms with van der Waals surface area (Å²) in [6.07, 6.45) is 1.47. The Bertz CT molecular complexity index is 528. The van der Waals surface area contributed by atoms with Crippen LogP contribution in [-0.4, -0.2) is 9.78 Å². The monoisotopic (exact) mass is 243 g/mol. The minimum Gasteiger partial charge on any atom is -0.383 e. The molecule has 0 saturated carbocycles. The topological polar surface area (TPSA) is 43.8 Å². The summed E-state index contributed by atoms with van der Waals surface area (Å²) in [5, 5.41) is 3.63. The first-order chi connectivity index (χ1) is 7.50. The number of anilines is 1. The van der Waals surface area contributed by atoms with Gasteiger partial charge >= 0.3 is 0 Å². The second-order valence-electron chi connectivity index (χ2n) is 3.32. The van der Waals surface area contributed by atoms with E-state index in [-0.39, 0.29) is 5.02 Å². The minimum atomic E-state index is -1.06. The predicted octanol–water partition coefficient (Wildman–Crippen LogP) is 2.60. The molecule has 0 unspecified atom stereocenters. The molecule has 0 fully saturated rings. The number of hydrogen-bond donors (Lipinski definition) is 1. The van der Waals surface area contributed by atoms with Gasteiger partial charge in [-0.2, -0.15) is 5.10 Å². The van der Waals surface area contributed by atoms with Gasteiger partial charge in [0, 0.05) is 12.6 Å². The molecule has 2 N–H and O–H groups in total. The van der Waals surface area contributed by atoms with Crippen LogP contribution in [0.2, 0.25) is 5.02 Å². The van der Waals surface area contributed by atoms with Crippen molar-refractivity contribution in [3.63, 3.8) is 0 Å². The van der Waals surface area contributed by atoms with Crippen molar-refractivity contribution < 1.29 is 8.78 Å². The maximum Gasteiger partial charge on any atom is 0.177 e. The molecule has 6 heteroatoms. The third-order valence-corrected chi connectivity index (χ3v) is 2.55. The van der Waals surface area contributed by atoms with Crippen LogP contribution in [0.5, 0.6) is 0 Å². The van der Waals surface area contributed by atoms with Crippen molar-refractivity contribution in [1.82, 2.24) is 9.78 Å². The second-order valence-corrected chi connectivity index (χ2v) is 3.73. The van der Waals surface area contributed by atoms with Crippen LogP contribution in [0.15, 0.2) is 18.3 Å². The quantitative estimate of drug-likeness (QED) is 0.783. The normalized spacial score (nSPS) is 10.8. The summed E-state index contributed by atoms with van der Waals surface area (Å²) in [6, 6.07) is 2.35. The Morgan fingerprint density at radius 2 is 2.06 bits per heavy atom. The van der Waals surface area contributed by atoms with Crippen molar-refractivity contribution in [2.24, 2.45) is 7.05 Å². The van der Waals surface area contributed by atoms with E-state index in [1.165, 1.54) is 16.9 Å². The molecule has 84 valence electrons. The zero-order chi connectivity index (χ0) is 11.9. The van der Waals surface area contributed by atoms with Crippen LogP contribution >= 0.6 is 11.6 Å². The Kier molecular flexibility index (Phi) is 2.55. The summed E-state index contributed by atoms with van der Waals surface area (Å²) in [6.45, 7) is 0. The lowest BCUT2D eigenvalue weighted by atomic mass is 10.1. The first kappa shape index (κ1) is 10.9.